The van der Waals surface area contributed by atoms with Gasteiger partial charge in [-0.3, -0.25) is 14.7 Å². The molecule has 1 amide bonds. The van der Waals surface area contributed by atoms with Gasteiger partial charge in [0, 0.05) is 30.6 Å². The molecule has 0 bridgehead atoms. The normalized spacial score (nSPS) is 17.4. The van der Waals surface area contributed by atoms with Crippen molar-refractivity contribution in [2.75, 3.05) is 13.1 Å². The second-order valence-electron chi connectivity index (χ2n) is 5.61. The van der Waals surface area contributed by atoms with E-state index in [4.69, 9.17) is 5.11 Å². The number of aromatic amines is 1. The van der Waals surface area contributed by atoms with Crippen molar-refractivity contribution < 1.29 is 14.7 Å². The van der Waals surface area contributed by atoms with Crippen LogP contribution in [0.25, 0.3) is 11.4 Å². The van der Waals surface area contributed by atoms with E-state index in [0.29, 0.717) is 24.4 Å². The maximum atomic E-state index is 12.4. The number of nitrogens with zero attached hydrogens (tertiary/aromatic N) is 3. The SMILES string of the molecule is CCc1nc(-c2ccc(C(=O)N3CCC(C(=O)O)C3)cc2)n[nH]1. The van der Waals surface area contributed by atoms with E-state index in [0.717, 1.165) is 17.8 Å². The molecule has 1 fully saturated rings. The number of aryl methyl sites for hydroxylation is 1. The second-order valence-corrected chi connectivity index (χ2v) is 5.61. The first-order valence-electron chi connectivity index (χ1n) is 7.62. The van der Waals surface area contributed by atoms with Gasteiger partial charge in [0.05, 0.1) is 5.92 Å². The Bertz CT molecular complexity index is 723. The molecule has 1 atom stereocenters. The third-order valence-electron chi connectivity index (χ3n) is 4.08. The van der Waals surface area contributed by atoms with Crippen LogP contribution in [0.5, 0.6) is 0 Å². The fraction of sp³-hybridized carbons (Fsp3) is 0.375. The highest BCUT2D eigenvalue weighted by molar-refractivity contribution is 5.95. The molecule has 2 N–H and O–H groups in total. The zero-order chi connectivity index (χ0) is 16.4. The first-order chi connectivity index (χ1) is 11.1. The number of carboxylic acid groups (broad SMARTS) is 1. The number of amides is 1. The third-order valence-corrected chi connectivity index (χ3v) is 4.08. The van der Waals surface area contributed by atoms with Gasteiger partial charge in [-0.05, 0) is 18.6 Å². The topological polar surface area (TPSA) is 99.2 Å². The molecule has 1 aliphatic heterocycles. The number of H-pyrrole nitrogens is 1. The monoisotopic (exact) mass is 314 g/mol. The molecule has 120 valence electrons. The summed E-state index contributed by atoms with van der Waals surface area (Å²) in [5.41, 5.74) is 1.38. The van der Waals surface area contributed by atoms with Crippen LogP contribution in [-0.2, 0) is 11.2 Å². The number of hydrogen-bond acceptors (Lipinski definition) is 4. The van der Waals surface area contributed by atoms with Gasteiger partial charge < -0.3 is 10.0 Å². The van der Waals surface area contributed by atoms with Gasteiger partial charge in [0.25, 0.3) is 5.91 Å². The molecule has 3 rings (SSSR count). The Morgan fingerprint density at radius 3 is 2.65 bits per heavy atom. The Labute approximate surface area is 133 Å². The molecule has 1 saturated heterocycles. The molecular weight excluding hydrogens is 296 g/mol. The molecule has 7 nitrogen and oxygen atoms in total. The van der Waals surface area contributed by atoms with Crippen LogP contribution in [0.2, 0.25) is 0 Å². The standard InChI is InChI=1S/C16H18N4O3/c1-2-13-17-14(19-18-13)10-3-5-11(6-4-10)15(21)20-8-7-12(9-20)16(22)23/h3-6,12H,2,7-9H2,1H3,(H,22,23)(H,17,18,19). The Morgan fingerprint density at radius 1 is 1.35 bits per heavy atom. The van der Waals surface area contributed by atoms with Gasteiger partial charge in [-0.1, -0.05) is 19.1 Å². The lowest BCUT2D eigenvalue weighted by atomic mass is 10.1. The van der Waals surface area contributed by atoms with Gasteiger partial charge in [0.2, 0.25) is 0 Å². The lowest BCUT2D eigenvalue weighted by molar-refractivity contribution is -0.141. The molecule has 23 heavy (non-hydrogen) atoms. The second kappa shape index (κ2) is 6.20. The fourth-order valence-corrected chi connectivity index (χ4v) is 2.67. The number of carbonyl (C=O) groups is 2. The molecule has 1 aromatic heterocycles. The van der Waals surface area contributed by atoms with E-state index in [-0.39, 0.29) is 12.5 Å². The Hall–Kier alpha value is -2.70. The molecule has 2 aromatic rings. The first kappa shape index (κ1) is 15.2. The third kappa shape index (κ3) is 3.08. The van der Waals surface area contributed by atoms with Crippen molar-refractivity contribution in [1.29, 1.82) is 0 Å². The summed E-state index contributed by atoms with van der Waals surface area (Å²) in [5, 5.41) is 16.0. The molecule has 1 unspecified atom stereocenters. The zero-order valence-electron chi connectivity index (χ0n) is 12.8. The average molecular weight is 314 g/mol. The molecule has 1 aromatic carbocycles. The highest BCUT2D eigenvalue weighted by Crippen LogP contribution is 2.21. The summed E-state index contributed by atoms with van der Waals surface area (Å²) >= 11 is 0. The number of rotatable bonds is 4. The van der Waals surface area contributed by atoms with Gasteiger partial charge in [0.15, 0.2) is 5.82 Å². The Kier molecular flexibility index (Phi) is 4.10. The summed E-state index contributed by atoms with van der Waals surface area (Å²) in [5.74, 6) is -0.0136. The molecule has 2 heterocycles. The number of nitrogens with one attached hydrogen (secondary N) is 1. The molecule has 0 spiro atoms. The highest BCUT2D eigenvalue weighted by atomic mass is 16.4. The first-order valence-corrected chi connectivity index (χ1v) is 7.62. The maximum absolute atomic E-state index is 12.4. The Balaban J connectivity index is 1.72. The molecule has 1 aliphatic rings. The van der Waals surface area contributed by atoms with Gasteiger partial charge in [0.1, 0.15) is 5.82 Å². The van der Waals surface area contributed by atoms with Gasteiger partial charge in [-0.2, -0.15) is 5.10 Å². The van der Waals surface area contributed by atoms with Crippen molar-refractivity contribution in [1.82, 2.24) is 20.1 Å². The zero-order valence-corrected chi connectivity index (χ0v) is 12.8. The van der Waals surface area contributed by atoms with E-state index in [9.17, 15) is 9.59 Å². The van der Waals surface area contributed by atoms with Crippen LogP contribution in [0, 0.1) is 5.92 Å². The number of aromatic nitrogens is 3. The van der Waals surface area contributed by atoms with E-state index in [1.165, 1.54) is 0 Å². The van der Waals surface area contributed by atoms with Crippen molar-refractivity contribution in [3.8, 4) is 11.4 Å². The molecule has 0 radical (unpaired) electrons. The van der Waals surface area contributed by atoms with Crippen molar-refractivity contribution in [3.05, 3.63) is 35.7 Å². The van der Waals surface area contributed by atoms with Crippen LogP contribution >= 0.6 is 0 Å². The number of benzene rings is 1. The van der Waals surface area contributed by atoms with Crippen LogP contribution in [0.15, 0.2) is 24.3 Å². The summed E-state index contributed by atoms with van der Waals surface area (Å²) in [7, 11) is 0. The molecular formula is C16H18N4O3. The smallest absolute Gasteiger partial charge is 0.308 e. The van der Waals surface area contributed by atoms with E-state index in [2.05, 4.69) is 15.2 Å². The van der Waals surface area contributed by atoms with Gasteiger partial charge >= 0.3 is 5.97 Å². The number of carboxylic acids is 1. The van der Waals surface area contributed by atoms with Crippen LogP contribution in [-0.4, -0.2) is 50.2 Å². The van der Waals surface area contributed by atoms with E-state index in [1.807, 2.05) is 6.92 Å². The minimum atomic E-state index is -0.841. The van der Waals surface area contributed by atoms with Gasteiger partial charge in [-0.25, -0.2) is 4.98 Å². The van der Waals surface area contributed by atoms with Crippen molar-refractivity contribution >= 4 is 11.9 Å². The summed E-state index contributed by atoms with van der Waals surface area (Å²) in [6, 6.07) is 7.07. The van der Waals surface area contributed by atoms with Crippen LogP contribution in [0.1, 0.15) is 29.5 Å². The lowest BCUT2D eigenvalue weighted by Gasteiger charge is -2.15. The predicted octanol–water partition coefficient (Wildman–Crippen LogP) is 1.58. The summed E-state index contributed by atoms with van der Waals surface area (Å²) < 4.78 is 0. The van der Waals surface area contributed by atoms with E-state index in [1.54, 1.807) is 29.2 Å². The lowest BCUT2D eigenvalue weighted by Crippen LogP contribution is -2.29. The van der Waals surface area contributed by atoms with Gasteiger partial charge in [-0.15, -0.1) is 0 Å². The predicted molar refractivity (Wildman–Crippen MR) is 82.8 cm³/mol. The molecule has 0 aliphatic carbocycles. The minimum Gasteiger partial charge on any atom is -0.481 e. The number of likely N-dealkylation sites (tertiary alicyclic amines) is 1. The fourth-order valence-electron chi connectivity index (χ4n) is 2.67. The van der Waals surface area contributed by atoms with Crippen molar-refractivity contribution in [2.24, 2.45) is 5.92 Å². The number of hydrogen-bond donors (Lipinski definition) is 2. The van der Waals surface area contributed by atoms with E-state index >= 15 is 0 Å². The largest absolute Gasteiger partial charge is 0.481 e. The summed E-state index contributed by atoms with van der Waals surface area (Å²) in [6.45, 7) is 2.75. The Morgan fingerprint density at radius 2 is 2.09 bits per heavy atom. The minimum absolute atomic E-state index is 0.135. The van der Waals surface area contributed by atoms with Crippen molar-refractivity contribution in [2.45, 2.75) is 19.8 Å². The number of carbonyl (C=O) groups excluding carboxylic acids is 1. The molecule has 0 saturated carbocycles. The van der Waals surface area contributed by atoms with E-state index < -0.39 is 11.9 Å². The summed E-state index contributed by atoms with van der Waals surface area (Å²) in [6.07, 6.45) is 1.29. The average Bonchev–Trinajstić information content (AvgIpc) is 3.23. The maximum Gasteiger partial charge on any atom is 0.308 e. The summed E-state index contributed by atoms with van der Waals surface area (Å²) in [4.78, 5) is 29.3. The molecule has 7 heteroatoms. The van der Waals surface area contributed by atoms with Crippen LogP contribution < -0.4 is 0 Å². The van der Waals surface area contributed by atoms with Crippen LogP contribution in [0.3, 0.4) is 0 Å². The van der Waals surface area contributed by atoms with Crippen LogP contribution in [0.4, 0.5) is 0 Å². The highest BCUT2D eigenvalue weighted by Gasteiger charge is 2.31. The van der Waals surface area contributed by atoms with Crippen molar-refractivity contribution in [3.63, 3.8) is 0 Å². The quantitative estimate of drug-likeness (QED) is 0.892. The number of aliphatic carboxylic acids is 1.